The number of benzene rings is 5. The normalized spacial score (nSPS) is 11.7. The Kier molecular flexibility index (Phi) is 5.11. The average Bonchev–Trinajstić information content (AvgIpc) is 2.81. The lowest BCUT2D eigenvalue weighted by atomic mass is 9.86. The van der Waals surface area contributed by atoms with Crippen molar-refractivity contribution in [3.8, 4) is 0 Å². The van der Waals surface area contributed by atoms with Crippen molar-refractivity contribution in [2.45, 2.75) is 19.3 Å². The van der Waals surface area contributed by atoms with Gasteiger partial charge in [0.25, 0.3) is 5.91 Å². The molecule has 3 N–H and O–H groups in total. The summed E-state index contributed by atoms with van der Waals surface area (Å²) in [5, 5.41) is 29.3. The van der Waals surface area contributed by atoms with Gasteiger partial charge in [0.15, 0.2) is 0 Å². The maximum Gasteiger partial charge on any atom is 0.336 e. The quantitative estimate of drug-likeness (QED) is 0.187. The van der Waals surface area contributed by atoms with Crippen LogP contribution in [-0.4, -0.2) is 35.2 Å². The zero-order valence-corrected chi connectivity index (χ0v) is 17.5. The summed E-state index contributed by atoms with van der Waals surface area (Å²) in [5.41, 5.74) is 0.499. The molecule has 0 saturated heterocycles. The Hall–Kier alpha value is -3.70. The van der Waals surface area contributed by atoms with E-state index in [-0.39, 0.29) is 18.1 Å². The van der Waals surface area contributed by atoms with E-state index in [2.05, 4.69) is 29.6 Å². The van der Waals surface area contributed by atoms with Crippen molar-refractivity contribution in [2.24, 2.45) is 0 Å². The van der Waals surface area contributed by atoms with Crippen LogP contribution in [0.25, 0.3) is 43.1 Å². The zero-order chi connectivity index (χ0) is 22.2. The Morgan fingerprint density at radius 3 is 1.94 bits per heavy atom. The van der Waals surface area contributed by atoms with Gasteiger partial charge in [-0.05, 0) is 69.1 Å². The summed E-state index contributed by atoms with van der Waals surface area (Å²) in [6, 6.07) is 19.4. The number of unbranched alkanes of at least 4 members (excludes halogenated alkanes) is 2. The number of fused-ring (bicyclic) bond motifs is 2. The van der Waals surface area contributed by atoms with E-state index in [0.717, 1.165) is 50.5 Å². The molecule has 0 aliphatic rings. The molecule has 0 aliphatic heterocycles. The highest BCUT2D eigenvalue weighted by Crippen LogP contribution is 2.42. The first-order valence-corrected chi connectivity index (χ1v) is 10.9. The molecule has 0 atom stereocenters. The summed E-state index contributed by atoms with van der Waals surface area (Å²) in [7, 11) is 0. The van der Waals surface area contributed by atoms with Crippen molar-refractivity contribution in [3.05, 3.63) is 71.8 Å². The van der Waals surface area contributed by atoms with Crippen molar-refractivity contribution in [2.75, 3.05) is 13.2 Å². The summed E-state index contributed by atoms with van der Waals surface area (Å²) in [5.74, 6) is -1.33. The van der Waals surface area contributed by atoms with Gasteiger partial charge in [-0.3, -0.25) is 4.79 Å². The second-order valence-corrected chi connectivity index (χ2v) is 8.13. The highest BCUT2D eigenvalue weighted by Gasteiger charge is 2.22. The summed E-state index contributed by atoms with van der Waals surface area (Å²) >= 11 is 0. The molecule has 5 nitrogen and oxygen atoms in total. The molecule has 5 aromatic rings. The van der Waals surface area contributed by atoms with E-state index in [0.29, 0.717) is 23.9 Å². The zero-order valence-electron chi connectivity index (χ0n) is 17.5. The molecule has 0 spiro atoms. The number of rotatable bonds is 7. The number of aromatic carboxylic acids is 1. The van der Waals surface area contributed by atoms with Crippen molar-refractivity contribution in [3.63, 3.8) is 0 Å². The molecule has 160 valence electrons. The molecule has 5 rings (SSSR count). The van der Waals surface area contributed by atoms with Crippen LogP contribution >= 0.6 is 0 Å². The molecule has 32 heavy (non-hydrogen) atoms. The van der Waals surface area contributed by atoms with E-state index in [9.17, 15) is 14.7 Å². The van der Waals surface area contributed by atoms with E-state index in [1.165, 1.54) is 0 Å². The van der Waals surface area contributed by atoms with Crippen LogP contribution in [0.2, 0.25) is 0 Å². The number of hydrogen-bond acceptors (Lipinski definition) is 3. The van der Waals surface area contributed by atoms with E-state index in [1.54, 1.807) is 12.1 Å². The van der Waals surface area contributed by atoms with E-state index in [1.807, 2.05) is 24.3 Å². The lowest BCUT2D eigenvalue weighted by Gasteiger charge is -2.17. The van der Waals surface area contributed by atoms with Crippen LogP contribution in [0, 0.1) is 0 Å². The number of carboxylic acids is 1. The highest BCUT2D eigenvalue weighted by molar-refractivity contribution is 6.36. The van der Waals surface area contributed by atoms with Gasteiger partial charge in [-0.25, -0.2) is 4.79 Å². The van der Waals surface area contributed by atoms with E-state index < -0.39 is 5.97 Å². The van der Waals surface area contributed by atoms with Crippen LogP contribution in [0.5, 0.6) is 0 Å². The number of carboxylic acid groups (broad SMARTS) is 1. The lowest BCUT2D eigenvalue weighted by molar-refractivity contribution is 0.0699. The Morgan fingerprint density at radius 1 is 0.688 bits per heavy atom. The second kappa shape index (κ2) is 8.09. The van der Waals surface area contributed by atoms with Crippen molar-refractivity contribution in [1.29, 1.82) is 0 Å². The smallest absolute Gasteiger partial charge is 0.336 e. The predicted octanol–water partition coefficient (Wildman–Crippen LogP) is 5.33. The van der Waals surface area contributed by atoms with Crippen LogP contribution < -0.4 is 5.32 Å². The van der Waals surface area contributed by atoms with Gasteiger partial charge in [0.1, 0.15) is 0 Å². The summed E-state index contributed by atoms with van der Waals surface area (Å²) in [6.07, 6.45) is 2.28. The van der Waals surface area contributed by atoms with Crippen LogP contribution in [0.4, 0.5) is 0 Å². The third-order valence-corrected chi connectivity index (χ3v) is 6.24. The Labute approximate surface area is 184 Å². The monoisotopic (exact) mass is 425 g/mol. The van der Waals surface area contributed by atoms with Crippen molar-refractivity contribution < 1.29 is 19.8 Å². The molecule has 0 saturated carbocycles. The fourth-order valence-corrected chi connectivity index (χ4v) is 4.81. The summed E-state index contributed by atoms with van der Waals surface area (Å²) in [6.45, 7) is 0.616. The molecular formula is C27H23NO4. The number of hydrogen-bond donors (Lipinski definition) is 3. The average molecular weight is 425 g/mol. The van der Waals surface area contributed by atoms with Crippen molar-refractivity contribution >= 4 is 55.0 Å². The van der Waals surface area contributed by atoms with Crippen LogP contribution in [0.3, 0.4) is 0 Å². The summed E-state index contributed by atoms with van der Waals surface area (Å²) < 4.78 is 0. The largest absolute Gasteiger partial charge is 0.478 e. The topological polar surface area (TPSA) is 86.6 Å². The third kappa shape index (κ3) is 3.13. The minimum atomic E-state index is -1.05. The van der Waals surface area contributed by atoms with Gasteiger partial charge in [-0.2, -0.15) is 0 Å². The third-order valence-electron chi connectivity index (χ3n) is 6.24. The van der Waals surface area contributed by atoms with Gasteiger partial charge in [0.2, 0.25) is 0 Å². The molecule has 0 aliphatic carbocycles. The maximum atomic E-state index is 13.1. The van der Waals surface area contributed by atoms with Gasteiger partial charge >= 0.3 is 5.97 Å². The fraction of sp³-hybridized carbons (Fsp3) is 0.185. The minimum Gasteiger partial charge on any atom is -0.478 e. The molecule has 1 amide bonds. The number of aliphatic hydroxyl groups excluding tert-OH is 1. The molecular weight excluding hydrogens is 402 g/mol. The number of carbonyl (C=O) groups excluding carboxylic acids is 1. The number of carbonyl (C=O) groups is 2. The van der Waals surface area contributed by atoms with Gasteiger partial charge < -0.3 is 15.5 Å². The summed E-state index contributed by atoms with van der Waals surface area (Å²) in [4.78, 5) is 25.2. The van der Waals surface area contributed by atoms with Crippen LogP contribution in [0.15, 0.2) is 60.7 Å². The van der Waals surface area contributed by atoms with Gasteiger partial charge in [0.05, 0.1) is 5.56 Å². The minimum absolute atomic E-state index is 0.127. The van der Waals surface area contributed by atoms with Crippen LogP contribution in [-0.2, 0) is 0 Å². The maximum absolute atomic E-state index is 13.1. The first kappa shape index (κ1) is 20.2. The molecule has 0 fully saturated rings. The first-order chi connectivity index (χ1) is 15.6. The van der Waals surface area contributed by atoms with Crippen molar-refractivity contribution in [1.82, 2.24) is 5.32 Å². The van der Waals surface area contributed by atoms with Gasteiger partial charge in [-0.1, -0.05) is 48.5 Å². The van der Waals surface area contributed by atoms with E-state index in [4.69, 9.17) is 5.11 Å². The highest BCUT2D eigenvalue weighted by atomic mass is 16.4. The number of amides is 1. The molecule has 5 aromatic carbocycles. The Morgan fingerprint density at radius 2 is 1.31 bits per heavy atom. The fourth-order valence-electron chi connectivity index (χ4n) is 4.81. The molecule has 0 aromatic heterocycles. The molecule has 0 unspecified atom stereocenters. The van der Waals surface area contributed by atoms with E-state index >= 15 is 0 Å². The number of nitrogens with one attached hydrogen (secondary N) is 1. The lowest BCUT2D eigenvalue weighted by Crippen LogP contribution is -2.25. The molecule has 0 heterocycles. The number of aliphatic hydroxyl groups is 1. The molecule has 5 heteroatoms. The molecule has 0 bridgehead atoms. The van der Waals surface area contributed by atoms with Gasteiger partial charge in [-0.15, -0.1) is 0 Å². The Bertz CT molecular complexity index is 1440. The second-order valence-electron chi connectivity index (χ2n) is 8.13. The predicted molar refractivity (Wildman–Crippen MR) is 128 cm³/mol. The first-order valence-electron chi connectivity index (χ1n) is 10.9. The SMILES string of the molecule is O=C(O)c1ccc2c3cccc4cccc(c5ccc(C(=O)NCCCCCO)c1c25)c43. The standard InChI is InChI=1S/C27H23NO4/c29-15-3-1-2-14-28-26(30)21-12-10-19-17-8-4-6-16-7-5-9-18(23(16)17)20-11-13-22(27(31)32)25(21)24(19)20/h4-13,29H,1-3,14-15H2,(H,28,30)(H,31,32). The molecule has 0 radical (unpaired) electrons. The van der Waals surface area contributed by atoms with Crippen LogP contribution in [0.1, 0.15) is 40.0 Å². The Balaban J connectivity index is 1.77. The van der Waals surface area contributed by atoms with Gasteiger partial charge in [0, 0.05) is 24.1 Å².